The summed E-state index contributed by atoms with van der Waals surface area (Å²) >= 11 is 1.69. The predicted molar refractivity (Wildman–Crippen MR) is 81.1 cm³/mol. The average Bonchev–Trinajstić information content (AvgIpc) is 2.84. The van der Waals surface area contributed by atoms with Gasteiger partial charge in [-0.25, -0.2) is 15.0 Å². The molecule has 4 nitrogen and oxygen atoms in total. The maximum absolute atomic E-state index is 4.81. The molecule has 20 heavy (non-hydrogen) atoms. The van der Waals surface area contributed by atoms with Gasteiger partial charge in [0.2, 0.25) is 0 Å². The maximum Gasteiger partial charge on any atom is 0.134 e. The van der Waals surface area contributed by atoms with E-state index < -0.39 is 0 Å². The Kier molecular flexibility index (Phi) is 4.08. The first-order valence-electron chi connectivity index (χ1n) is 7.25. The maximum atomic E-state index is 4.81. The molecule has 0 amide bonds. The molecule has 0 saturated carbocycles. The Balaban J connectivity index is 1.92. The molecular formula is C15H20N4S. The van der Waals surface area contributed by atoms with Crippen LogP contribution in [0.5, 0.6) is 0 Å². The summed E-state index contributed by atoms with van der Waals surface area (Å²) in [6.07, 6.45) is 3.98. The van der Waals surface area contributed by atoms with Crippen LogP contribution in [0.2, 0.25) is 0 Å². The van der Waals surface area contributed by atoms with E-state index in [9.17, 15) is 0 Å². The van der Waals surface area contributed by atoms with Gasteiger partial charge >= 0.3 is 0 Å². The van der Waals surface area contributed by atoms with Crippen LogP contribution >= 0.6 is 11.3 Å². The number of hydrogen-bond acceptors (Lipinski definition) is 5. The zero-order valence-corrected chi connectivity index (χ0v) is 12.9. The molecule has 1 aliphatic rings. The lowest BCUT2D eigenvalue weighted by Crippen LogP contribution is -2.27. The highest BCUT2D eigenvalue weighted by atomic mass is 32.1. The van der Waals surface area contributed by atoms with E-state index in [0.717, 1.165) is 55.3 Å². The van der Waals surface area contributed by atoms with Gasteiger partial charge in [-0.1, -0.05) is 13.3 Å². The lowest BCUT2D eigenvalue weighted by atomic mass is 10.0. The van der Waals surface area contributed by atoms with Crippen LogP contribution in [-0.4, -0.2) is 21.5 Å². The molecule has 0 aromatic carbocycles. The minimum absolute atomic E-state index is 0.744. The predicted octanol–water partition coefficient (Wildman–Crippen LogP) is 2.43. The molecule has 3 heterocycles. The van der Waals surface area contributed by atoms with Crippen LogP contribution in [0.25, 0.3) is 0 Å². The van der Waals surface area contributed by atoms with Crippen molar-refractivity contribution >= 4 is 11.3 Å². The quantitative estimate of drug-likeness (QED) is 0.939. The van der Waals surface area contributed by atoms with Crippen LogP contribution in [0.4, 0.5) is 0 Å². The number of aryl methyl sites for hydroxylation is 2. The van der Waals surface area contributed by atoms with Gasteiger partial charge in [-0.15, -0.1) is 11.3 Å². The number of rotatable bonds is 4. The van der Waals surface area contributed by atoms with Crippen molar-refractivity contribution in [3.63, 3.8) is 0 Å². The van der Waals surface area contributed by atoms with Crippen LogP contribution < -0.4 is 5.32 Å². The summed E-state index contributed by atoms with van der Waals surface area (Å²) in [7, 11) is 0. The molecule has 0 fully saturated rings. The van der Waals surface area contributed by atoms with Gasteiger partial charge in [0.05, 0.1) is 22.8 Å². The van der Waals surface area contributed by atoms with E-state index in [1.165, 1.54) is 17.0 Å². The van der Waals surface area contributed by atoms with Gasteiger partial charge in [-0.05, 0) is 31.9 Å². The fourth-order valence-corrected chi connectivity index (χ4v) is 3.28. The molecule has 0 radical (unpaired) electrons. The van der Waals surface area contributed by atoms with Crippen LogP contribution in [0.3, 0.4) is 0 Å². The van der Waals surface area contributed by atoms with Gasteiger partial charge in [0.1, 0.15) is 5.82 Å². The van der Waals surface area contributed by atoms with Crippen LogP contribution in [0, 0.1) is 6.92 Å². The first kappa shape index (κ1) is 13.6. The third-order valence-corrected chi connectivity index (χ3v) is 4.38. The van der Waals surface area contributed by atoms with E-state index in [2.05, 4.69) is 22.6 Å². The molecule has 106 valence electrons. The molecule has 0 unspecified atom stereocenters. The van der Waals surface area contributed by atoms with Crippen molar-refractivity contribution in [1.82, 2.24) is 20.3 Å². The van der Waals surface area contributed by atoms with Gasteiger partial charge in [-0.3, -0.25) is 0 Å². The molecule has 0 saturated heterocycles. The SMILES string of the molecule is CCCc1nc(Cc2csc(C)n2)nc2c1CCNC2. The summed E-state index contributed by atoms with van der Waals surface area (Å²) in [5.41, 5.74) is 4.90. The van der Waals surface area contributed by atoms with Crippen molar-refractivity contribution in [2.24, 2.45) is 0 Å². The molecule has 0 bridgehead atoms. The number of fused-ring (bicyclic) bond motifs is 1. The zero-order valence-electron chi connectivity index (χ0n) is 12.1. The molecule has 1 N–H and O–H groups in total. The number of aromatic nitrogens is 3. The van der Waals surface area contributed by atoms with Crippen molar-refractivity contribution in [2.45, 2.75) is 46.1 Å². The van der Waals surface area contributed by atoms with Crippen LogP contribution in [-0.2, 0) is 25.8 Å². The van der Waals surface area contributed by atoms with Crippen molar-refractivity contribution in [2.75, 3.05) is 6.54 Å². The lowest BCUT2D eigenvalue weighted by molar-refractivity contribution is 0.607. The first-order chi connectivity index (χ1) is 9.76. The highest BCUT2D eigenvalue weighted by molar-refractivity contribution is 7.09. The fraction of sp³-hybridized carbons (Fsp3) is 0.533. The third kappa shape index (κ3) is 2.88. The van der Waals surface area contributed by atoms with E-state index >= 15 is 0 Å². The largest absolute Gasteiger partial charge is 0.311 e. The van der Waals surface area contributed by atoms with Crippen molar-refractivity contribution < 1.29 is 0 Å². The standard InChI is InChI=1S/C15H20N4S/c1-3-4-13-12-5-6-16-8-14(12)19-15(18-13)7-11-9-20-10(2)17-11/h9,16H,3-8H2,1-2H3. The molecule has 2 aromatic rings. The van der Waals surface area contributed by atoms with Crippen molar-refractivity contribution in [3.8, 4) is 0 Å². The Hall–Kier alpha value is -1.33. The van der Waals surface area contributed by atoms with Gasteiger partial charge in [0.25, 0.3) is 0 Å². The Labute approximate surface area is 123 Å². The normalized spacial score (nSPS) is 14.3. The highest BCUT2D eigenvalue weighted by Crippen LogP contribution is 2.19. The van der Waals surface area contributed by atoms with Crippen LogP contribution in [0.15, 0.2) is 5.38 Å². The van der Waals surface area contributed by atoms with Gasteiger partial charge < -0.3 is 5.32 Å². The second-order valence-electron chi connectivity index (χ2n) is 5.22. The average molecular weight is 288 g/mol. The molecule has 0 atom stereocenters. The van der Waals surface area contributed by atoms with Gasteiger partial charge in [0.15, 0.2) is 0 Å². The summed E-state index contributed by atoms with van der Waals surface area (Å²) in [6.45, 7) is 6.16. The minimum Gasteiger partial charge on any atom is -0.311 e. The van der Waals surface area contributed by atoms with Gasteiger partial charge in [-0.2, -0.15) is 0 Å². The molecule has 0 aliphatic carbocycles. The zero-order chi connectivity index (χ0) is 13.9. The van der Waals surface area contributed by atoms with E-state index in [1.807, 2.05) is 6.92 Å². The van der Waals surface area contributed by atoms with E-state index in [1.54, 1.807) is 11.3 Å². The van der Waals surface area contributed by atoms with E-state index in [-0.39, 0.29) is 0 Å². The summed E-state index contributed by atoms with van der Waals surface area (Å²) in [5, 5.41) is 6.61. The lowest BCUT2D eigenvalue weighted by Gasteiger charge is -2.19. The molecule has 3 rings (SSSR count). The minimum atomic E-state index is 0.744. The molecular weight excluding hydrogens is 268 g/mol. The Morgan fingerprint density at radius 3 is 2.95 bits per heavy atom. The third-order valence-electron chi connectivity index (χ3n) is 3.56. The Morgan fingerprint density at radius 2 is 2.20 bits per heavy atom. The smallest absolute Gasteiger partial charge is 0.134 e. The Morgan fingerprint density at radius 1 is 1.30 bits per heavy atom. The Bertz CT molecular complexity index is 606. The molecule has 1 aliphatic heterocycles. The van der Waals surface area contributed by atoms with Crippen LogP contribution in [0.1, 0.15) is 46.8 Å². The van der Waals surface area contributed by atoms with Crippen molar-refractivity contribution in [3.05, 3.63) is 38.9 Å². The monoisotopic (exact) mass is 288 g/mol. The summed E-state index contributed by atoms with van der Waals surface area (Å²) in [4.78, 5) is 14.1. The highest BCUT2D eigenvalue weighted by Gasteiger charge is 2.17. The number of thiazole rings is 1. The molecule has 0 spiro atoms. The summed E-state index contributed by atoms with van der Waals surface area (Å²) in [6, 6.07) is 0. The van der Waals surface area contributed by atoms with E-state index in [4.69, 9.17) is 9.97 Å². The first-order valence-corrected chi connectivity index (χ1v) is 8.13. The molecule has 2 aromatic heterocycles. The van der Waals surface area contributed by atoms with Gasteiger partial charge in [0, 0.05) is 17.6 Å². The van der Waals surface area contributed by atoms with Crippen molar-refractivity contribution in [1.29, 1.82) is 0 Å². The number of nitrogens with one attached hydrogen (secondary N) is 1. The molecule has 5 heteroatoms. The summed E-state index contributed by atoms with van der Waals surface area (Å²) < 4.78 is 0. The van der Waals surface area contributed by atoms with E-state index in [0.29, 0.717) is 0 Å². The fourth-order valence-electron chi connectivity index (χ4n) is 2.67. The number of nitrogens with zero attached hydrogens (tertiary/aromatic N) is 3. The number of hydrogen-bond donors (Lipinski definition) is 1. The summed E-state index contributed by atoms with van der Waals surface area (Å²) in [5.74, 6) is 0.918. The topological polar surface area (TPSA) is 50.7 Å². The second kappa shape index (κ2) is 5.97. The second-order valence-corrected chi connectivity index (χ2v) is 6.29.